The van der Waals surface area contributed by atoms with E-state index in [0.29, 0.717) is 18.6 Å². The number of carbonyl (C=O) groups excluding carboxylic acids is 2. The minimum absolute atomic E-state index is 0.272. The smallest absolute Gasteiger partial charge is 0.342 e. The number of ketones is 1. The monoisotopic (exact) mass is 354 g/mol. The number of anilines is 1. The normalized spacial score (nSPS) is 19.5. The quantitative estimate of drug-likeness (QED) is 0.482. The van der Waals surface area contributed by atoms with Crippen molar-refractivity contribution in [2.45, 2.75) is 32.4 Å². The van der Waals surface area contributed by atoms with Gasteiger partial charge in [0.1, 0.15) is 5.56 Å². The van der Waals surface area contributed by atoms with Gasteiger partial charge in [-0.15, -0.1) is 0 Å². The molecule has 1 N–H and O–H groups in total. The van der Waals surface area contributed by atoms with E-state index in [1.807, 2.05) is 0 Å². The van der Waals surface area contributed by atoms with Crippen molar-refractivity contribution < 1.29 is 33.5 Å². The van der Waals surface area contributed by atoms with Crippen molar-refractivity contribution in [3.05, 3.63) is 33.6 Å². The summed E-state index contributed by atoms with van der Waals surface area (Å²) in [7, 11) is 0. The molecule has 9 nitrogen and oxygen atoms in total. The van der Waals surface area contributed by atoms with Crippen LogP contribution < -0.4 is 4.90 Å². The van der Waals surface area contributed by atoms with Crippen LogP contribution in [0.25, 0.3) is 0 Å². The minimum atomic E-state index is -1.65. The number of rotatable bonds is 5. The summed E-state index contributed by atoms with van der Waals surface area (Å²) >= 11 is 0. The molecule has 0 aromatic heterocycles. The van der Waals surface area contributed by atoms with E-state index in [9.17, 15) is 28.9 Å². The van der Waals surface area contributed by atoms with E-state index in [4.69, 9.17) is 9.84 Å². The highest BCUT2D eigenvalue weighted by atomic mass is 19.1. The Hall–Kier alpha value is -2.88. The highest BCUT2D eigenvalue weighted by molar-refractivity contribution is 6.40. The van der Waals surface area contributed by atoms with Gasteiger partial charge in [-0.1, -0.05) is 0 Å². The van der Waals surface area contributed by atoms with Crippen LogP contribution in [-0.2, 0) is 14.3 Å². The molecule has 0 bridgehead atoms. The second-order valence-corrected chi connectivity index (χ2v) is 5.55. The molecule has 1 aliphatic heterocycles. The number of nitro benzene ring substituents is 1. The number of ether oxygens (including phenoxy) is 1. The number of aromatic carboxylic acids is 1. The second kappa shape index (κ2) is 6.93. The summed E-state index contributed by atoms with van der Waals surface area (Å²) in [6.45, 7) is 2.89. The van der Waals surface area contributed by atoms with E-state index >= 15 is 0 Å². The molecule has 134 valence electrons. The number of hydrogen-bond acceptors (Lipinski definition) is 6. The van der Waals surface area contributed by atoms with E-state index in [-0.39, 0.29) is 6.61 Å². The predicted molar refractivity (Wildman–Crippen MR) is 82.0 cm³/mol. The third-order valence-corrected chi connectivity index (χ3v) is 3.94. The maximum atomic E-state index is 14.5. The molecule has 0 spiro atoms. The Balaban J connectivity index is 2.66. The van der Waals surface area contributed by atoms with Crippen LogP contribution in [0.15, 0.2) is 12.1 Å². The number of amides is 1. The molecule has 2 unspecified atom stereocenters. The number of benzene rings is 1. The highest BCUT2D eigenvalue weighted by Crippen LogP contribution is 2.33. The summed E-state index contributed by atoms with van der Waals surface area (Å²) in [6.07, 6.45) is -0.217. The Bertz CT molecular complexity index is 764. The largest absolute Gasteiger partial charge is 0.477 e. The maximum Gasteiger partial charge on any atom is 0.342 e. The first kappa shape index (κ1) is 18.5. The molecule has 1 saturated heterocycles. The van der Waals surface area contributed by atoms with Crippen LogP contribution in [0, 0.1) is 15.9 Å². The van der Waals surface area contributed by atoms with Crippen LogP contribution in [0.2, 0.25) is 0 Å². The molecule has 0 aliphatic carbocycles. The van der Waals surface area contributed by atoms with Gasteiger partial charge < -0.3 is 9.84 Å². The fourth-order valence-corrected chi connectivity index (χ4v) is 2.73. The van der Waals surface area contributed by atoms with Gasteiger partial charge in [0.05, 0.1) is 28.8 Å². The zero-order valence-corrected chi connectivity index (χ0v) is 13.4. The molecule has 25 heavy (non-hydrogen) atoms. The Labute approximate surface area is 141 Å². The van der Waals surface area contributed by atoms with Crippen molar-refractivity contribution in [3.8, 4) is 0 Å². The van der Waals surface area contributed by atoms with Crippen molar-refractivity contribution in [2.75, 3.05) is 11.5 Å². The number of nitrogens with zero attached hydrogens (tertiary/aromatic N) is 2. The summed E-state index contributed by atoms with van der Waals surface area (Å²) in [4.78, 5) is 45.9. The zero-order chi connectivity index (χ0) is 18.9. The Morgan fingerprint density at radius 2 is 2.04 bits per heavy atom. The number of Topliss-reactive ketones (excluding diaryl/α,β-unsaturated/α-hetero) is 1. The number of hydrogen-bond donors (Lipinski definition) is 1. The van der Waals surface area contributed by atoms with Gasteiger partial charge >= 0.3 is 5.97 Å². The fraction of sp³-hybridized carbons (Fsp3) is 0.400. The lowest BCUT2D eigenvalue weighted by molar-refractivity contribution is -0.385. The van der Waals surface area contributed by atoms with Crippen LogP contribution in [0.3, 0.4) is 0 Å². The number of carboxylic acid groups (broad SMARTS) is 1. The Morgan fingerprint density at radius 3 is 2.48 bits per heavy atom. The minimum Gasteiger partial charge on any atom is -0.477 e. The molecule has 1 aliphatic rings. The fourth-order valence-electron chi connectivity index (χ4n) is 2.73. The van der Waals surface area contributed by atoms with Crippen LogP contribution in [0.5, 0.6) is 0 Å². The average molecular weight is 354 g/mol. The summed E-state index contributed by atoms with van der Waals surface area (Å²) < 4.78 is 19.8. The first-order chi connectivity index (χ1) is 11.6. The van der Waals surface area contributed by atoms with E-state index in [1.54, 1.807) is 6.92 Å². The van der Waals surface area contributed by atoms with Crippen molar-refractivity contribution in [2.24, 2.45) is 0 Å². The molecule has 2 atom stereocenters. The lowest BCUT2D eigenvalue weighted by Gasteiger charge is -2.30. The van der Waals surface area contributed by atoms with Gasteiger partial charge in [-0.05, 0) is 19.4 Å². The molecular formula is C15H15FN2O7. The number of carboxylic acids is 1. The third-order valence-electron chi connectivity index (χ3n) is 3.94. The lowest BCUT2D eigenvalue weighted by Crippen LogP contribution is -2.47. The van der Waals surface area contributed by atoms with E-state index in [2.05, 4.69) is 0 Å². The number of nitro groups is 1. The Kier molecular flexibility index (Phi) is 5.12. The van der Waals surface area contributed by atoms with Crippen LogP contribution in [-0.4, -0.2) is 46.4 Å². The highest BCUT2D eigenvalue weighted by Gasteiger charge is 2.38. The van der Waals surface area contributed by atoms with E-state index < -0.39 is 57.5 Å². The van der Waals surface area contributed by atoms with Gasteiger partial charge in [0.25, 0.3) is 11.6 Å². The van der Waals surface area contributed by atoms with Gasteiger partial charge in [0.2, 0.25) is 5.78 Å². The predicted octanol–water partition coefficient (Wildman–Crippen LogP) is 1.53. The Morgan fingerprint density at radius 1 is 1.40 bits per heavy atom. The van der Waals surface area contributed by atoms with Gasteiger partial charge in [-0.2, -0.15) is 0 Å². The van der Waals surface area contributed by atoms with Gasteiger partial charge in [0.15, 0.2) is 5.82 Å². The second-order valence-electron chi connectivity index (χ2n) is 5.55. The zero-order valence-electron chi connectivity index (χ0n) is 13.4. The molecular weight excluding hydrogens is 339 g/mol. The SMILES string of the molecule is CC(=O)C(=O)N(c1cc(C(=O)O)c([N+](=O)[O-])cc1F)C1CCOC1C. The standard InChI is InChI=1S/C15H15FN2O7/c1-7(19)14(20)17(11-3-4-25-8(11)2)13-5-9(15(21)22)12(18(23)24)6-10(13)16/h5-6,8,11H,3-4H2,1-2H3,(H,21,22). The third kappa shape index (κ3) is 3.48. The molecule has 1 heterocycles. The summed E-state index contributed by atoms with van der Waals surface area (Å²) in [5, 5.41) is 20.1. The van der Waals surface area contributed by atoms with Gasteiger partial charge in [-0.25, -0.2) is 9.18 Å². The van der Waals surface area contributed by atoms with Crippen molar-refractivity contribution >= 4 is 29.0 Å². The molecule has 1 aromatic rings. The number of carbonyl (C=O) groups is 3. The molecule has 10 heteroatoms. The van der Waals surface area contributed by atoms with E-state index in [0.717, 1.165) is 11.8 Å². The van der Waals surface area contributed by atoms with Crippen LogP contribution in [0.1, 0.15) is 30.6 Å². The first-order valence-corrected chi connectivity index (χ1v) is 7.32. The van der Waals surface area contributed by atoms with Crippen LogP contribution in [0.4, 0.5) is 15.8 Å². The first-order valence-electron chi connectivity index (χ1n) is 7.32. The lowest BCUT2D eigenvalue weighted by atomic mass is 10.0. The summed E-state index contributed by atoms with van der Waals surface area (Å²) in [6, 6.07) is 0.426. The van der Waals surface area contributed by atoms with Gasteiger partial charge in [0, 0.05) is 13.5 Å². The average Bonchev–Trinajstić information content (AvgIpc) is 2.94. The molecule has 1 fully saturated rings. The number of halogens is 1. The summed E-state index contributed by atoms with van der Waals surface area (Å²) in [5.74, 6) is -4.76. The summed E-state index contributed by atoms with van der Waals surface area (Å²) in [5.41, 5.74) is -2.24. The molecule has 1 amide bonds. The van der Waals surface area contributed by atoms with Crippen molar-refractivity contribution in [3.63, 3.8) is 0 Å². The molecule has 2 rings (SSSR count). The topological polar surface area (TPSA) is 127 Å². The molecule has 0 saturated carbocycles. The maximum absolute atomic E-state index is 14.5. The van der Waals surface area contributed by atoms with Crippen molar-refractivity contribution in [1.29, 1.82) is 0 Å². The molecule has 0 radical (unpaired) electrons. The van der Waals surface area contributed by atoms with Crippen LogP contribution >= 0.6 is 0 Å². The van der Waals surface area contributed by atoms with E-state index in [1.165, 1.54) is 0 Å². The van der Waals surface area contributed by atoms with Gasteiger partial charge in [-0.3, -0.25) is 24.6 Å². The van der Waals surface area contributed by atoms with Crippen molar-refractivity contribution in [1.82, 2.24) is 0 Å². The molecule has 1 aromatic carbocycles.